The van der Waals surface area contributed by atoms with E-state index in [1.165, 1.54) is 0 Å². The van der Waals surface area contributed by atoms with Crippen molar-refractivity contribution in [2.24, 2.45) is 0 Å². The summed E-state index contributed by atoms with van der Waals surface area (Å²) in [5.74, 6) is 0. The molecule has 53 valence electrons. The molecule has 0 N–H and O–H groups in total. The predicted octanol–water partition coefficient (Wildman–Crippen LogP) is 2.15. The summed E-state index contributed by atoms with van der Waals surface area (Å²) >= 11 is 0. The molecule has 0 amide bonds. The Morgan fingerprint density at radius 3 is 1.25 bits per heavy atom. The van der Waals surface area contributed by atoms with E-state index in [0.29, 0.717) is 0 Å². The number of rotatable bonds is 1. The Morgan fingerprint density at radius 1 is 1.12 bits per heavy atom. The summed E-state index contributed by atoms with van der Waals surface area (Å²) in [6.07, 6.45) is 0. The van der Waals surface area contributed by atoms with E-state index in [1.54, 1.807) is 7.11 Å². The fourth-order valence-electron chi connectivity index (χ4n) is 0. The van der Waals surface area contributed by atoms with E-state index in [1.807, 2.05) is 0 Å². The molecule has 0 aromatic heterocycles. The van der Waals surface area contributed by atoms with Crippen LogP contribution >= 0.6 is 0 Å². The minimum atomic E-state index is -0.374. The average molecular weight is 305 g/mol. The van der Waals surface area contributed by atoms with Crippen molar-refractivity contribution in [1.82, 2.24) is 0 Å². The van der Waals surface area contributed by atoms with Crippen LogP contribution in [0.2, 0.25) is 13.1 Å². The molecule has 0 heterocycles. The van der Waals surface area contributed by atoms with Gasteiger partial charge in [0.2, 0.25) is 9.04 Å². The van der Waals surface area contributed by atoms with E-state index in [4.69, 9.17) is 4.43 Å². The topological polar surface area (TPSA) is 9.23 Å². The van der Waals surface area contributed by atoms with Crippen LogP contribution in [0.3, 0.4) is 0 Å². The van der Waals surface area contributed by atoms with Crippen molar-refractivity contribution in [3.8, 4) is 0 Å². The van der Waals surface area contributed by atoms with Gasteiger partial charge in [0.1, 0.15) is 0 Å². The molecule has 0 aromatic carbocycles. The van der Waals surface area contributed by atoms with Crippen molar-refractivity contribution in [2.75, 3.05) is 7.11 Å². The zero-order chi connectivity index (χ0) is 4.28. The van der Waals surface area contributed by atoms with Gasteiger partial charge in [-0.25, -0.2) is 0 Å². The Kier molecular flexibility index (Phi) is 45.4. The molecule has 0 aliphatic rings. The van der Waals surface area contributed by atoms with E-state index in [0.717, 1.165) is 0 Å². The fraction of sp³-hybridized carbons (Fsp3) is 1.00. The normalized spacial score (nSPS) is 6.00. The smallest absolute Gasteiger partial charge is 0.204 e. The van der Waals surface area contributed by atoms with E-state index >= 15 is 0 Å². The zero-order valence-corrected chi connectivity index (χ0v) is 8.25. The van der Waals surface area contributed by atoms with Gasteiger partial charge in [-0.05, 0) is 13.1 Å². The molecule has 1 nitrogen and oxygen atoms in total. The molecule has 0 aliphatic heterocycles. The van der Waals surface area contributed by atoms with Crippen LogP contribution in [0.4, 0.5) is 0 Å². The average Bonchev–Trinajstić information content (AvgIpc) is 1.38. The monoisotopic (exact) mass is 305 g/mol. The summed E-state index contributed by atoms with van der Waals surface area (Å²) in [6, 6.07) is 0. The van der Waals surface area contributed by atoms with Crippen molar-refractivity contribution in [3.05, 3.63) is 0 Å². The molecule has 0 aliphatic carbocycles. The van der Waals surface area contributed by atoms with Gasteiger partial charge in [-0.15, -0.1) is 0 Å². The Hall–Kier alpha value is 0.865. The third-order valence-electron chi connectivity index (χ3n) is 0.408. The molecule has 0 rings (SSSR count). The van der Waals surface area contributed by atoms with Crippen LogP contribution in [-0.4, -0.2) is 16.2 Å². The SMILES string of the molecule is C.C.CO[Si](C)C.[W]. The van der Waals surface area contributed by atoms with Crippen molar-refractivity contribution in [2.45, 2.75) is 27.9 Å². The fourth-order valence-corrected chi connectivity index (χ4v) is 0. The first-order chi connectivity index (χ1) is 2.27. The maximum absolute atomic E-state index is 4.85. The molecule has 1 radical (unpaired) electrons. The van der Waals surface area contributed by atoms with Gasteiger partial charge in [-0.3, -0.25) is 0 Å². The van der Waals surface area contributed by atoms with Gasteiger partial charge in [0.05, 0.1) is 0 Å². The summed E-state index contributed by atoms with van der Waals surface area (Å²) in [7, 11) is 1.37. The third kappa shape index (κ3) is 28.8. The molecule has 0 saturated carbocycles. The van der Waals surface area contributed by atoms with Gasteiger partial charge in [0, 0.05) is 28.2 Å². The molecule has 0 aromatic rings. The van der Waals surface area contributed by atoms with Crippen LogP contribution in [0.5, 0.6) is 0 Å². The van der Waals surface area contributed by atoms with Gasteiger partial charge in [0.15, 0.2) is 0 Å². The van der Waals surface area contributed by atoms with Gasteiger partial charge in [0.25, 0.3) is 0 Å². The zero-order valence-electron chi connectivity index (χ0n) is 4.32. The second-order valence-electron chi connectivity index (χ2n) is 1.11. The quantitative estimate of drug-likeness (QED) is 0.675. The van der Waals surface area contributed by atoms with Crippen LogP contribution < -0.4 is 0 Å². The molecular formula is C5H17OSiW. The molecule has 8 heavy (non-hydrogen) atoms. The first kappa shape index (κ1) is 23.2. The van der Waals surface area contributed by atoms with Crippen LogP contribution in [0.25, 0.3) is 0 Å². The van der Waals surface area contributed by atoms with Gasteiger partial charge in [-0.1, -0.05) is 14.9 Å². The Balaban J connectivity index is -0.0000000267. The molecule has 0 atom stereocenters. The molecule has 0 bridgehead atoms. The van der Waals surface area contributed by atoms with Crippen molar-refractivity contribution >= 4 is 9.04 Å². The maximum atomic E-state index is 4.85. The van der Waals surface area contributed by atoms with E-state index in [-0.39, 0.29) is 45.0 Å². The number of hydrogen-bond donors (Lipinski definition) is 0. The Morgan fingerprint density at radius 2 is 1.25 bits per heavy atom. The molecule has 0 saturated heterocycles. The Bertz CT molecular complexity index is 26.4. The summed E-state index contributed by atoms with van der Waals surface area (Å²) in [5.41, 5.74) is 0. The van der Waals surface area contributed by atoms with Crippen LogP contribution in [0, 0.1) is 0 Å². The largest absolute Gasteiger partial charge is 0.420 e. The van der Waals surface area contributed by atoms with E-state index < -0.39 is 0 Å². The van der Waals surface area contributed by atoms with Gasteiger partial charge in [-0.2, -0.15) is 0 Å². The maximum Gasteiger partial charge on any atom is 0.204 e. The standard InChI is InChI=1S/C3H9OSi.2CH4.W/c1-4-5(2)3;;;/h1-3H3;2*1H4;. The molecule has 3 heteroatoms. The van der Waals surface area contributed by atoms with E-state index in [9.17, 15) is 0 Å². The third-order valence-corrected chi connectivity index (χ3v) is 1.22. The second kappa shape index (κ2) is 15.7. The summed E-state index contributed by atoms with van der Waals surface area (Å²) in [5, 5.41) is 0. The van der Waals surface area contributed by atoms with Crippen molar-refractivity contribution < 1.29 is 25.5 Å². The number of hydrogen-bond acceptors (Lipinski definition) is 1. The van der Waals surface area contributed by atoms with E-state index in [2.05, 4.69) is 13.1 Å². The first-order valence-corrected chi connectivity index (χ1v) is 4.02. The molecule has 0 spiro atoms. The Labute approximate surface area is 69.8 Å². The molecule has 0 fully saturated rings. The predicted molar refractivity (Wildman–Crippen MR) is 38.0 cm³/mol. The minimum absolute atomic E-state index is 0. The molecule has 0 unspecified atom stereocenters. The summed E-state index contributed by atoms with van der Waals surface area (Å²) < 4.78 is 4.85. The first-order valence-electron chi connectivity index (χ1n) is 1.61. The van der Waals surface area contributed by atoms with Crippen molar-refractivity contribution in [1.29, 1.82) is 0 Å². The second-order valence-corrected chi connectivity index (χ2v) is 3.34. The van der Waals surface area contributed by atoms with Crippen LogP contribution in [0.15, 0.2) is 0 Å². The van der Waals surface area contributed by atoms with Gasteiger partial charge >= 0.3 is 0 Å². The summed E-state index contributed by atoms with van der Waals surface area (Å²) in [6.45, 7) is 4.20. The summed E-state index contributed by atoms with van der Waals surface area (Å²) in [4.78, 5) is 0. The minimum Gasteiger partial charge on any atom is -0.420 e. The van der Waals surface area contributed by atoms with Crippen molar-refractivity contribution in [3.63, 3.8) is 0 Å². The van der Waals surface area contributed by atoms with Crippen LogP contribution in [-0.2, 0) is 25.5 Å². The van der Waals surface area contributed by atoms with Crippen LogP contribution in [0.1, 0.15) is 14.9 Å². The van der Waals surface area contributed by atoms with Gasteiger partial charge < -0.3 is 4.43 Å². The molecular weight excluding hydrogens is 288 g/mol.